The number of hydrogen-bond donors (Lipinski definition) is 0. The molecule has 0 bridgehead atoms. The van der Waals surface area contributed by atoms with Gasteiger partial charge in [0.05, 0.1) is 11.5 Å². The molecule has 0 amide bonds. The molecule has 0 N–H and O–H groups in total. The predicted octanol–water partition coefficient (Wildman–Crippen LogP) is 4.22. The fourth-order valence-corrected chi connectivity index (χ4v) is 1.95. The molecular weight excluding hydrogens is 208 g/mol. The lowest BCUT2D eigenvalue weighted by atomic mass is 9.89. The normalized spacial score (nSPS) is 13.7. The quantitative estimate of drug-likeness (QED) is 0.601. The van der Waals surface area contributed by atoms with Gasteiger partial charge in [0.25, 0.3) is 0 Å². The zero-order valence-electron chi connectivity index (χ0n) is 12.4. The molecular formula is C15H30N2. The van der Waals surface area contributed by atoms with E-state index in [-0.39, 0.29) is 5.41 Å². The van der Waals surface area contributed by atoms with Gasteiger partial charge in [-0.15, -0.1) is 0 Å². The van der Waals surface area contributed by atoms with Crippen molar-refractivity contribution in [2.45, 2.75) is 72.8 Å². The summed E-state index contributed by atoms with van der Waals surface area (Å²) in [6, 6.07) is 3.06. The molecule has 17 heavy (non-hydrogen) atoms. The van der Waals surface area contributed by atoms with Gasteiger partial charge in [0, 0.05) is 6.04 Å². The van der Waals surface area contributed by atoms with Gasteiger partial charge in [-0.2, -0.15) is 5.26 Å². The number of hydrogen-bond acceptors (Lipinski definition) is 2. The number of nitriles is 1. The molecule has 0 rings (SSSR count). The van der Waals surface area contributed by atoms with Crippen LogP contribution in [0.4, 0.5) is 0 Å². The van der Waals surface area contributed by atoms with Gasteiger partial charge in [0.15, 0.2) is 0 Å². The summed E-state index contributed by atoms with van der Waals surface area (Å²) in [5.74, 6) is 0. The summed E-state index contributed by atoms with van der Waals surface area (Å²) in [4.78, 5) is 2.58. The van der Waals surface area contributed by atoms with Crippen LogP contribution in [0.15, 0.2) is 0 Å². The number of nitrogens with zero attached hydrogens (tertiary/aromatic N) is 2. The van der Waals surface area contributed by atoms with Crippen LogP contribution in [0.5, 0.6) is 0 Å². The number of unbranched alkanes of at least 4 members (excludes halogenated alkanes) is 1. The summed E-state index contributed by atoms with van der Waals surface area (Å²) in [5.41, 5.74) is -0.161. The van der Waals surface area contributed by atoms with E-state index in [0.717, 1.165) is 19.4 Å². The second-order valence-electron chi connectivity index (χ2n) is 5.75. The highest BCUT2D eigenvalue weighted by atomic mass is 15.1. The van der Waals surface area contributed by atoms with Gasteiger partial charge in [-0.3, -0.25) is 0 Å². The molecule has 0 aromatic rings. The highest BCUT2D eigenvalue weighted by molar-refractivity contribution is 4.91. The lowest BCUT2D eigenvalue weighted by Gasteiger charge is -2.29. The highest BCUT2D eigenvalue weighted by Crippen LogP contribution is 2.21. The van der Waals surface area contributed by atoms with Crippen molar-refractivity contribution in [3.05, 3.63) is 0 Å². The summed E-state index contributed by atoms with van der Waals surface area (Å²) >= 11 is 0. The molecule has 1 atom stereocenters. The molecule has 0 aliphatic heterocycles. The molecule has 2 nitrogen and oxygen atoms in total. The molecule has 0 saturated carbocycles. The van der Waals surface area contributed by atoms with Crippen LogP contribution in [-0.4, -0.2) is 24.0 Å². The Morgan fingerprint density at radius 3 is 2.24 bits per heavy atom. The van der Waals surface area contributed by atoms with Crippen LogP contribution in [0.3, 0.4) is 0 Å². The smallest absolute Gasteiger partial charge is 0.0683 e. The molecule has 0 saturated heterocycles. The SMILES string of the molecule is CCCCN(CCCC(C)(C)C#N)C(C)CC. The van der Waals surface area contributed by atoms with Crippen LogP contribution in [0.25, 0.3) is 0 Å². The van der Waals surface area contributed by atoms with Gasteiger partial charge in [-0.1, -0.05) is 20.3 Å². The van der Waals surface area contributed by atoms with Crippen LogP contribution in [0.1, 0.15) is 66.7 Å². The van der Waals surface area contributed by atoms with Crippen molar-refractivity contribution in [2.75, 3.05) is 13.1 Å². The van der Waals surface area contributed by atoms with Crippen LogP contribution in [-0.2, 0) is 0 Å². The van der Waals surface area contributed by atoms with E-state index >= 15 is 0 Å². The van der Waals surface area contributed by atoms with Crippen LogP contribution in [0.2, 0.25) is 0 Å². The lowest BCUT2D eigenvalue weighted by molar-refractivity contribution is 0.191. The van der Waals surface area contributed by atoms with Crippen molar-refractivity contribution in [3.63, 3.8) is 0 Å². The standard InChI is InChI=1S/C15H30N2/c1-6-8-11-17(14(3)7-2)12-9-10-15(4,5)13-16/h14H,6-12H2,1-5H3. The minimum atomic E-state index is -0.161. The van der Waals surface area contributed by atoms with Crippen molar-refractivity contribution < 1.29 is 0 Å². The molecule has 0 aliphatic rings. The maximum atomic E-state index is 8.99. The highest BCUT2D eigenvalue weighted by Gasteiger charge is 2.17. The molecule has 0 aromatic heterocycles. The number of rotatable bonds is 9. The fraction of sp³-hybridized carbons (Fsp3) is 0.933. The Labute approximate surface area is 108 Å². The Balaban J connectivity index is 4.04. The van der Waals surface area contributed by atoms with E-state index in [2.05, 4.69) is 31.7 Å². The Kier molecular flexibility index (Phi) is 8.25. The minimum absolute atomic E-state index is 0.161. The first-order chi connectivity index (χ1) is 7.96. The van der Waals surface area contributed by atoms with Gasteiger partial charge in [-0.25, -0.2) is 0 Å². The summed E-state index contributed by atoms with van der Waals surface area (Å²) in [5, 5.41) is 8.99. The largest absolute Gasteiger partial charge is 0.301 e. The van der Waals surface area contributed by atoms with Crippen molar-refractivity contribution in [1.29, 1.82) is 5.26 Å². The first kappa shape index (κ1) is 16.4. The van der Waals surface area contributed by atoms with Crippen molar-refractivity contribution >= 4 is 0 Å². The second kappa shape index (κ2) is 8.53. The summed E-state index contributed by atoms with van der Waals surface area (Å²) in [7, 11) is 0. The predicted molar refractivity (Wildman–Crippen MR) is 74.9 cm³/mol. The maximum absolute atomic E-state index is 8.99. The first-order valence-corrected chi connectivity index (χ1v) is 7.12. The topological polar surface area (TPSA) is 27.0 Å². The molecule has 100 valence electrons. The molecule has 0 spiro atoms. The van der Waals surface area contributed by atoms with Crippen molar-refractivity contribution in [1.82, 2.24) is 4.90 Å². The lowest BCUT2D eigenvalue weighted by Crippen LogP contribution is -2.34. The van der Waals surface area contributed by atoms with E-state index in [0.29, 0.717) is 6.04 Å². The third-order valence-corrected chi connectivity index (χ3v) is 3.56. The monoisotopic (exact) mass is 238 g/mol. The summed E-state index contributed by atoms with van der Waals surface area (Å²) in [6.45, 7) is 13.2. The van der Waals surface area contributed by atoms with Crippen LogP contribution < -0.4 is 0 Å². The van der Waals surface area contributed by atoms with E-state index < -0.39 is 0 Å². The van der Waals surface area contributed by atoms with Gasteiger partial charge in [0.2, 0.25) is 0 Å². The van der Waals surface area contributed by atoms with Crippen molar-refractivity contribution in [2.24, 2.45) is 5.41 Å². The van der Waals surface area contributed by atoms with E-state index in [9.17, 15) is 0 Å². The van der Waals surface area contributed by atoms with Crippen molar-refractivity contribution in [3.8, 4) is 6.07 Å². The van der Waals surface area contributed by atoms with Gasteiger partial charge in [0.1, 0.15) is 0 Å². The Bertz CT molecular complexity index is 228. The zero-order valence-corrected chi connectivity index (χ0v) is 12.4. The summed E-state index contributed by atoms with van der Waals surface area (Å²) in [6.07, 6.45) is 5.89. The zero-order chi connectivity index (χ0) is 13.3. The van der Waals surface area contributed by atoms with Crippen LogP contribution in [0, 0.1) is 16.7 Å². The molecule has 0 radical (unpaired) electrons. The third kappa shape index (κ3) is 7.39. The maximum Gasteiger partial charge on any atom is 0.0683 e. The molecule has 0 aliphatic carbocycles. The summed E-state index contributed by atoms with van der Waals surface area (Å²) < 4.78 is 0. The van der Waals surface area contributed by atoms with Crippen LogP contribution >= 0.6 is 0 Å². The molecule has 0 heterocycles. The van der Waals surface area contributed by atoms with E-state index in [4.69, 9.17) is 5.26 Å². The molecule has 1 unspecified atom stereocenters. The van der Waals surface area contributed by atoms with Gasteiger partial charge >= 0.3 is 0 Å². The fourth-order valence-electron chi connectivity index (χ4n) is 1.95. The minimum Gasteiger partial charge on any atom is -0.301 e. The molecule has 0 fully saturated rings. The Morgan fingerprint density at radius 1 is 1.18 bits per heavy atom. The van der Waals surface area contributed by atoms with Gasteiger partial charge in [-0.05, 0) is 59.5 Å². The Morgan fingerprint density at radius 2 is 1.76 bits per heavy atom. The first-order valence-electron chi connectivity index (χ1n) is 7.12. The molecule has 0 aromatic carbocycles. The average molecular weight is 238 g/mol. The second-order valence-corrected chi connectivity index (χ2v) is 5.75. The molecule has 2 heteroatoms. The van der Waals surface area contributed by atoms with E-state index in [1.165, 1.54) is 25.8 Å². The average Bonchev–Trinajstić information content (AvgIpc) is 2.32. The van der Waals surface area contributed by atoms with Gasteiger partial charge < -0.3 is 4.90 Å². The third-order valence-electron chi connectivity index (χ3n) is 3.56. The van der Waals surface area contributed by atoms with E-state index in [1.807, 2.05) is 13.8 Å². The van der Waals surface area contributed by atoms with E-state index in [1.54, 1.807) is 0 Å². The Hall–Kier alpha value is -0.550.